The minimum Gasteiger partial charge on any atom is -0.356 e. The van der Waals surface area contributed by atoms with Crippen molar-refractivity contribution in [1.82, 2.24) is 15.1 Å². The van der Waals surface area contributed by atoms with Crippen molar-refractivity contribution in [2.75, 3.05) is 32.8 Å². The van der Waals surface area contributed by atoms with Crippen LogP contribution in [0.15, 0.2) is 24.3 Å². The molecule has 7 heteroatoms. The number of ether oxygens (including phenoxy) is 1. The Morgan fingerprint density at radius 3 is 2.56 bits per heavy atom. The van der Waals surface area contributed by atoms with Crippen molar-refractivity contribution in [1.29, 1.82) is 0 Å². The van der Waals surface area contributed by atoms with Crippen molar-refractivity contribution in [3.8, 4) is 0 Å². The third-order valence-corrected chi connectivity index (χ3v) is 5.20. The van der Waals surface area contributed by atoms with Crippen LogP contribution in [-0.4, -0.2) is 66.5 Å². The molecule has 2 aliphatic heterocycles. The van der Waals surface area contributed by atoms with Gasteiger partial charge in [-0.1, -0.05) is 29.8 Å². The van der Waals surface area contributed by atoms with E-state index < -0.39 is 12.1 Å². The summed E-state index contributed by atoms with van der Waals surface area (Å²) in [6.45, 7) is 7.23. The molecule has 2 aliphatic rings. The average Bonchev–Trinajstić information content (AvgIpc) is 2.61. The topological polar surface area (TPSA) is 61.9 Å². The molecule has 0 unspecified atom stereocenters. The van der Waals surface area contributed by atoms with Crippen LogP contribution in [0.2, 0.25) is 5.02 Å². The highest BCUT2D eigenvalue weighted by molar-refractivity contribution is 6.31. The predicted molar refractivity (Wildman–Crippen MR) is 95.4 cm³/mol. The smallest absolute Gasteiger partial charge is 0.254 e. The largest absolute Gasteiger partial charge is 0.356 e. The van der Waals surface area contributed by atoms with Gasteiger partial charge in [0.1, 0.15) is 6.61 Å². The van der Waals surface area contributed by atoms with E-state index in [2.05, 4.69) is 24.1 Å². The van der Waals surface area contributed by atoms with Crippen LogP contribution >= 0.6 is 11.6 Å². The molecule has 6 nitrogen and oxygen atoms in total. The van der Waals surface area contributed by atoms with E-state index in [1.807, 2.05) is 23.1 Å². The lowest BCUT2D eigenvalue weighted by atomic mass is 9.98. The van der Waals surface area contributed by atoms with Crippen molar-refractivity contribution in [2.24, 2.45) is 0 Å². The number of carbonyl (C=O) groups is 2. The normalized spacial score (nSPS) is 25.1. The number of amides is 2. The summed E-state index contributed by atoms with van der Waals surface area (Å²) in [6.07, 6.45) is -0.747. The lowest BCUT2D eigenvalue weighted by Gasteiger charge is -2.40. The Labute approximate surface area is 153 Å². The Balaban J connectivity index is 1.76. The highest BCUT2D eigenvalue weighted by atomic mass is 35.5. The van der Waals surface area contributed by atoms with E-state index in [0.29, 0.717) is 29.7 Å². The number of rotatable bonds is 3. The summed E-state index contributed by atoms with van der Waals surface area (Å²) < 4.78 is 5.63. The fourth-order valence-electron chi connectivity index (χ4n) is 3.37. The molecule has 2 saturated heterocycles. The molecule has 1 N–H and O–H groups in total. The first-order valence-corrected chi connectivity index (χ1v) is 9.03. The van der Waals surface area contributed by atoms with Gasteiger partial charge in [-0.25, -0.2) is 0 Å². The van der Waals surface area contributed by atoms with Gasteiger partial charge in [-0.15, -0.1) is 0 Å². The zero-order valence-electron chi connectivity index (χ0n) is 14.6. The number of nitrogens with one attached hydrogen (secondary N) is 1. The first kappa shape index (κ1) is 18.2. The van der Waals surface area contributed by atoms with Gasteiger partial charge in [0.2, 0.25) is 5.91 Å². The molecule has 25 heavy (non-hydrogen) atoms. The number of halogens is 1. The van der Waals surface area contributed by atoms with Crippen LogP contribution in [0.4, 0.5) is 0 Å². The molecule has 0 radical (unpaired) electrons. The van der Waals surface area contributed by atoms with Gasteiger partial charge in [-0.3, -0.25) is 14.5 Å². The maximum absolute atomic E-state index is 13.0. The summed E-state index contributed by atoms with van der Waals surface area (Å²) >= 11 is 6.28. The van der Waals surface area contributed by atoms with Crippen molar-refractivity contribution in [3.63, 3.8) is 0 Å². The number of morpholine rings is 1. The molecule has 2 amide bonds. The Hall–Kier alpha value is -1.63. The second kappa shape index (κ2) is 7.72. The third kappa shape index (κ3) is 3.97. The highest BCUT2D eigenvalue weighted by Crippen LogP contribution is 2.29. The molecule has 0 aliphatic carbocycles. The van der Waals surface area contributed by atoms with E-state index in [1.165, 1.54) is 0 Å². The van der Waals surface area contributed by atoms with Crippen molar-refractivity contribution < 1.29 is 14.3 Å². The molecule has 136 valence electrons. The van der Waals surface area contributed by atoms with Crippen LogP contribution in [0.1, 0.15) is 25.5 Å². The van der Waals surface area contributed by atoms with Gasteiger partial charge in [0.15, 0.2) is 6.10 Å². The Morgan fingerprint density at radius 2 is 1.92 bits per heavy atom. The van der Waals surface area contributed by atoms with E-state index in [4.69, 9.17) is 16.3 Å². The monoisotopic (exact) mass is 365 g/mol. The van der Waals surface area contributed by atoms with Gasteiger partial charge in [0, 0.05) is 37.2 Å². The molecule has 0 aromatic heterocycles. The summed E-state index contributed by atoms with van der Waals surface area (Å²) in [5.41, 5.74) is 0.705. The SMILES string of the molecule is CC(C)N1CCN(C(=O)[C@H]2OCC(=O)N[C@@H]2c2ccccc2Cl)CC1. The molecule has 0 spiro atoms. The molecular weight excluding hydrogens is 342 g/mol. The summed E-state index contributed by atoms with van der Waals surface area (Å²) in [4.78, 5) is 29.0. The van der Waals surface area contributed by atoms with E-state index in [1.54, 1.807) is 6.07 Å². The van der Waals surface area contributed by atoms with Gasteiger partial charge < -0.3 is 15.0 Å². The molecular formula is C18H24ClN3O3. The molecule has 2 fully saturated rings. The van der Waals surface area contributed by atoms with Gasteiger partial charge >= 0.3 is 0 Å². The van der Waals surface area contributed by atoms with E-state index in [9.17, 15) is 9.59 Å². The fraction of sp³-hybridized carbons (Fsp3) is 0.556. The molecule has 0 saturated carbocycles. The summed E-state index contributed by atoms with van der Waals surface area (Å²) in [7, 11) is 0. The third-order valence-electron chi connectivity index (χ3n) is 4.85. The second-order valence-corrected chi connectivity index (χ2v) is 7.16. The predicted octanol–water partition coefficient (Wildman–Crippen LogP) is 1.45. The van der Waals surface area contributed by atoms with E-state index in [0.717, 1.165) is 13.1 Å². The van der Waals surface area contributed by atoms with E-state index in [-0.39, 0.29) is 18.4 Å². The van der Waals surface area contributed by atoms with Crippen LogP contribution in [0, 0.1) is 0 Å². The minimum atomic E-state index is -0.747. The van der Waals surface area contributed by atoms with Crippen LogP contribution < -0.4 is 5.32 Å². The molecule has 3 rings (SSSR count). The number of benzene rings is 1. The Kier molecular flexibility index (Phi) is 5.61. The van der Waals surface area contributed by atoms with Crippen molar-refractivity contribution in [2.45, 2.75) is 32.0 Å². The number of hydrogen-bond donors (Lipinski definition) is 1. The van der Waals surface area contributed by atoms with Crippen molar-refractivity contribution >= 4 is 23.4 Å². The standard InChI is InChI=1S/C18H24ClN3O3/c1-12(2)21-7-9-22(10-8-21)18(24)17-16(20-15(23)11-25-17)13-5-3-4-6-14(13)19/h3-6,12,16-17H,7-11H2,1-2H3,(H,20,23)/t16-,17+/m1/s1. The first-order chi connectivity index (χ1) is 12.0. The van der Waals surface area contributed by atoms with Gasteiger partial charge in [0.05, 0.1) is 6.04 Å². The molecule has 2 atom stereocenters. The van der Waals surface area contributed by atoms with Crippen LogP contribution in [0.5, 0.6) is 0 Å². The molecule has 1 aromatic rings. The summed E-state index contributed by atoms with van der Waals surface area (Å²) in [5, 5.41) is 3.38. The average molecular weight is 366 g/mol. The lowest BCUT2D eigenvalue weighted by Crippen LogP contribution is -2.57. The summed E-state index contributed by atoms with van der Waals surface area (Å²) in [6, 6.07) is 7.13. The van der Waals surface area contributed by atoms with Gasteiger partial charge in [-0.05, 0) is 25.5 Å². The van der Waals surface area contributed by atoms with E-state index >= 15 is 0 Å². The van der Waals surface area contributed by atoms with Crippen LogP contribution in [0.25, 0.3) is 0 Å². The number of carbonyl (C=O) groups excluding carboxylic acids is 2. The quantitative estimate of drug-likeness (QED) is 0.880. The second-order valence-electron chi connectivity index (χ2n) is 6.75. The van der Waals surface area contributed by atoms with Gasteiger partial charge in [0.25, 0.3) is 5.91 Å². The maximum atomic E-state index is 13.0. The minimum absolute atomic E-state index is 0.0895. The number of piperazine rings is 1. The molecule has 2 heterocycles. The Bertz CT molecular complexity index is 644. The first-order valence-electron chi connectivity index (χ1n) is 8.65. The molecule has 0 bridgehead atoms. The summed E-state index contributed by atoms with van der Waals surface area (Å²) in [5.74, 6) is -0.327. The molecule has 1 aromatic carbocycles. The maximum Gasteiger partial charge on any atom is 0.254 e. The Morgan fingerprint density at radius 1 is 1.24 bits per heavy atom. The lowest BCUT2D eigenvalue weighted by molar-refractivity contribution is -0.156. The van der Waals surface area contributed by atoms with Crippen LogP contribution in [-0.2, 0) is 14.3 Å². The zero-order chi connectivity index (χ0) is 18.0. The fourth-order valence-corrected chi connectivity index (χ4v) is 3.63. The number of hydrogen-bond acceptors (Lipinski definition) is 4. The highest BCUT2D eigenvalue weighted by Gasteiger charge is 2.39. The van der Waals surface area contributed by atoms with Gasteiger partial charge in [-0.2, -0.15) is 0 Å². The number of nitrogens with zero attached hydrogens (tertiary/aromatic N) is 2. The van der Waals surface area contributed by atoms with Crippen LogP contribution in [0.3, 0.4) is 0 Å². The van der Waals surface area contributed by atoms with Crippen molar-refractivity contribution in [3.05, 3.63) is 34.9 Å². The zero-order valence-corrected chi connectivity index (χ0v) is 15.3.